The second-order valence-electron chi connectivity index (χ2n) is 2.88. The van der Waals surface area contributed by atoms with Crippen LogP contribution >= 0.6 is 27.3 Å². The quantitative estimate of drug-likeness (QED) is 0.892. The van der Waals surface area contributed by atoms with Crippen molar-refractivity contribution in [2.24, 2.45) is 0 Å². The number of nitrogens with one attached hydrogen (secondary N) is 1. The number of carboxylic acid groups (broad SMARTS) is 1. The summed E-state index contributed by atoms with van der Waals surface area (Å²) in [6.45, 7) is 0.256. The minimum atomic E-state index is -1.03. The van der Waals surface area contributed by atoms with Crippen LogP contribution in [0.5, 0.6) is 0 Å². The van der Waals surface area contributed by atoms with Gasteiger partial charge in [0.15, 0.2) is 0 Å². The molecule has 2 rings (SSSR count). The Hall–Kier alpha value is -1.14. The average Bonchev–Trinajstić information content (AvgIpc) is 2.56. The second kappa shape index (κ2) is 4.16. The van der Waals surface area contributed by atoms with Gasteiger partial charge in [-0.1, -0.05) is 15.9 Å². The van der Waals surface area contributed by atoms with E-state index >= 15 is 0 Å². The van der Waals surface area contributed by atoms with Crippen molar-refractivity contribution in [1.82, 2.24) is 10.3 Å². The van der Waals surface area contributed by atoms with Crippen molar-refractivity contribution in [2.45, 2.75) is 6.54 Å². The van der Waals surface area contributed by atoms with Crippen LogP contribution in [0.3, 0.4) is 0 Å². The van der Waals surface area contributed by atoms with E-state index in [1.165, 1.54) is 11.3 Å². The predicted molar refractivity (Wildman–Crippen MR) is 62.2 cm³/mol. The molecule has 4 nitrogen and oxygen atoms in total. The first-order valence-corrected chi connectivity index (χ1v) is 5.78. The van der Waals surface area contributed by atoms with Gasteiger partial charge in [0.05, 0.1) is 16.8 Å². The summed E-state index contributed by atoms with van der Waals surface area (Å²) in [6, 6.07) is 5.81. The maximum absolute atomic E-state index is 10.3. The van der Waals surface area contributed by atoms with Gasteiger partial charge in [-0.05, 0) is 18.2 Å². The Balaban J connectivity index is 2.27. The van der Waals surface area contributed by atoms with Gasteiger partial charge in [0, 0.05) is 4.47 Å². The third-order valence-corrected chi connectivity index (χ3v) is 3.31. The Morgan fingerprint density at radius 2 is 2.40 bits per heavy atom. The van der Waals surface area contributed by atoms with Crippen LogP contribution in [0.2, 0.25) is 0 Å². The highest BCUT2D eigenvalue weighted by atomic mass is 79.9. The molecule has 0 aliphatic rings. The normalized spacial score (nSPS) is 10.5. The van der Waals surface area contributed by atoms with Gasteiger partial charge in [0.25, 0.3) is 0 Å². The zero-order chi connectivity index (χ0) is 10.8. The van der Waals surface area contributed by atoms with Crippen LogP contribution in [0.25, 0.3) is 10.2 Å². The fraction of sp³-hybridized carbons (Fsp3) is 0.111. The predicted octanol–water partition coefficient (Wildman–Crippen LogP) is 2.83. The summed E-state index contributed by atoms with van der Waals surface area (Å²) in [5.41, 5.74) is 0.886. The Bertz CT molecular complexity index is 512. The topological polar surface area (TPSA) is 62.2 Å². The third-order valence-electron chi connectivity index (χ3n) is 1.78. The maximum Gasteiger partial charge on any atom is 0.405 e. The van der Waals surface area contributed by atoms with Crippen LogP contribution in [0.15, 0.2) is 22.7 Å². The fourth-order valence-electron chi connectivity index (χ4n) is 1.18. The van der Waals surface area contributed by atoms with Crippen molar-refractivity contribution in [3.8, 4) is 0 Å². The number of amides is 1. The highest BCUT2D eigenvalue weighted by Gasteiger charge is 2.04. The summed E-state index contributed by atoms with van der Waals surface area (Å²) in [4.78, 5) is 14.6. The van der Waals surface area contributed by atoms with Crippen LogP contribution in [0, 0.1) is 0 Å². The largest absolute Gasteiger partial charge is 0.465 e. The van der Waals surface area contributed by atoms with E-state index in [1.807, 2.05) is 18.2 Å². The molecule has 0 saturated heterocycles. The molecule has 1 heterocycles. The van der Waals surface area contributed by atoms with Gasteiger partial charge in [-0.2, -0.15) is 0 Å². The molecule has 78 valence electrons. The standard InChI is InChI=1S/C9H7BrN2O2S/c10-5-1-2-7-6(3-5)12-8(15-7)4-11-9(13)14/h1-3,11H,4H2,(H,13,14). The number of hydrogen-bond acceptors (Lipinski definition) is 3. The minimum Gasteiger partial charge on any atom is -0.465 e. The smallest absolute Gasteiger partial charge is 0.405 e. The first kappa shape index (κ1) is 10.4. The van der Waals surface area contributed by atoms with Crippen LogP contribution in [0.1, 0.15) is 5.01 Å². The lowest BCUT2D eigenvalue weighted by atomic mass is 10.3. The second-order valence-corrected chi connectivity index (χ2v) is 4.91. The summed E-state index contributed by atoms with van der Waals surface area (Å²) >= 11 is 4.85. The number of hydrogen-bond donors (Lipinski definition) is 2. The summed E-state index contributed by atoms with van der Waals surface area (Å²) in [5, 5.41) is 11.5. The van der Waals surface area contributed by atoms with E-state index in [9.17, 15) is 4.79 Å². The van der Waals surface area contributed by atoms with Gasteiger partial charge in [0.1, 0.15) is 5.01 Å². The van der Waals surface area contributed by atoms with Crippen molar-refractivity contribution in [1.29, 1.82) is 0 Å². The molecule has 15 heavy (non-hydrogen) atoms. The van der Waals surface area contributed by atoms with Gasteiger partial charge in [-0.25, -0.2) is 9.78 Å². The van der Waals surface area contributed by atoms with Crippen molar-refractivity contribution in [3.05, 3.63) is 27.7 Å². The molecule has 0 saturated carbocycles. The molecule has 2 N–H and O–H groups in total. The number of aromatic nitrogens is 1. The first-order chi connectivity index (χ1) is 7.15. The Morgan fingerprint density at radius 1 is 1.60 bits per heavy atom. The summed E-state index contributed by atoms with van der Waals surface area (Å²) in [5.74, 6) is 0. The molecule has 1 aromatic heterocycles. The van der Waals surface area contributed by atoms with Crippen LogP contribution in [-0.2, 0) is 6.54 Å². The summed E-state index contributed by atoms with van der Waals surface area (Å²) in [7, 11) is 0. The lowest BCUT2D eigenvalue weighted by Crippen LogP contribution is -2.19. The van der Waals surface area contributed by atoms with Gasteiger partial charge in [-0.3, -0.25) is 0 Å². The number of nitrogens with zero attached hydrogens (tertiary/aromatic N) is 1. The lowest BCUT2D eigenvalue weighted by molar-refractivity contribution is 0.194. The first-order valence-electron chi connectivity index (χ1n) is 4.17. The molecule has 0 fully saturated rings. The highest BCUT2D eigenvalue weighted by molar-refractivity contribution is 9.10. The maximum atomic E-state index is 10.3. The molecule has 0 unspecified atom stereocenters. The van der Waals surface area contributed by atoms with E-state index < -0.39 is 6.09 Å². The molecule has 0 aliphatic carbocycles. The van der Waals surface area contributed by atoms with E-state index in [4.69, 9.17) is 5.11 Å². The van der Waals surface area contributed by atoms with E-state index in [2.05, 4.69) is 26.2 Å². The molecule has 0 aliphatic heterocycles. The van der Waals surface area contributed by atoms with Crippen LogP contribution in [-0.4, -0.2) is 16.2 Å². The lowest BCUT2D eigenvalue weighted by Gasteiger charge is -1.93. The van der Waals surface area contributed by atoms with Gasteiger partial charge >= 0.3 is 6.09 Å². The molecule has 2 aromatic rings. The van der Waals surface area contributed by atoms with E-state index in [-0.39, 0.29) is 6.54 Å². The Labute approximate surface area is 98.1 Å². The van der Waals surface area contributed by atoms with Gasteiger partial charge < -0.3 is 10.4 Å². The molecule has 1 aromatic carbocycles. The Kier molecular flexibility index (Phi) is 2.88. The summed E-state index contributed by atoms with van der Waals surface area (Å²) in [6.07, 6.45) is -1.03. The molecule has 0 bridgehead atoms. The molecular formula is C9H7BrN2O2S. The van der Waals surface area contributed by atoms with Crippen molar-refractivity contribution in [3.63, 3.8) is 0 Å². The fourth-order valence-corrected chi connectivity index (χ4v) is 2.41. The zero-order valence-electron chi connectivity index (χ0n) is 7.53. The molecule has 0 spiro atoms. The minimum absolute atomic E-state index is 0.256. The number of fused-ring (bicyclic) bond motifs is 1. The monoisotopic (exact) mass is 286 g/mol. The molecule has 6 heteroatoms. The molecule has 0 radical (unpaired) electrons. The Morgan fingerprint density at radius 3 is 3.13 bits per heavy atom. The number of benzene rings is 1. The van der Waals surface area contributed by atoms with Crippen molar-refractivity contribution >= 4 is 43.6 Å². The molecule has 1 amide bonds. The number of halogens is 1. The average molecular weight is 287 g/mol. The number of thiazole rings is 1. The zero-order valence-corrected chi connectivity index (χ0v) is 9.93. The van der Waals surface area contributed by atoms with Crippen LogP contribution < -0.4 is 5.32 Å². The van der Waals surface area contributed by atoms with E-state index in [1.54, 1.807) is 0 Å². The third kappa shape index (κ3) is 2.45. The highest BCUT2D eigenvalue weighted by Crippen LogP contribution is 2.24. The molecule has 0 atom stereocenters. The van der Waals surface area contributed by atoms with Gasteiger partial charge in [0.2, 0.25) is 0 Å². The van der Waals surface area contributed by atoms with E-state index in [0.717, 1.165) is 19.7 Å². The van der Waals surface area contributed by atoms with Crippen molar-refractivity contribution in [2.75, 3.05) is 0 Å². The van der Waals surface area contributed by atoms with Crippen molar-refractivity contribution < 1.29 is 9.90 Å². The molecular weight excluding hydrogens is 280 g/mol. The van der Waals surface area contributed by atoms with Crippen LogP contribution in [0.4, 0.5) is 4.79 Å². The number of carbonyl (C=O) groups is 1. The summed E-state index contributed by atoms with van der Waals surface area (Å²) < 4.78 is 2.03. The SMILES string of the molecule is O=C(O)NCc1nc2cc(Br)ccc2s1. The number of rotatable bonds is 2. The van der Waals surface area contributed by atoms with Gasteiger partial charge in [-0.15, -0.1) is 11.3 Å². The van der Waals surface area contributed by atoms with E-state index in [0.29, 0.717) is 0 Å².